The summed E-state index contributed by atoms with van der Waals surface area (Å²) in [5.74, 6) is 2.24. The van der Waals surface area contributed by atoms with Gasteiger partial charge in [0.15, 0.2) is 0 Å². The number of aliphatic hydroxyl groups is 1. The number of hydrogen-bond acceptors (Lipinski definition) is 2. The Balaban J connectivity index is 1.88. The Morgan fingerprint density at radius 3 is 2.72 bits per heavy atom. The quantitative estimate of drug-likeness (QED) is 0.891. The molecule has 0 radical (unpaired) electrons. The average molecular weight is 242 g/mol. The SMILES string of the molecule is COc1ccc2cc([C@@H]3C[C@@H]3CCO)ccc2c1. The molecule has 1 aliphatic carbocycles. The third-order valence-electron chi connectivity index (χ3n) is 3.92. The van der Waals surface area contributed by atoms with E-state index in [0.717, 1.165) is 12.2 Å². The molecule has 94 valence electrons. The summed E-state index contributed by atoms with van der Waals surface area (Å²) < 4.78 is 5.23. The molecule has 1 aliphatic rings. The Kier molecular flexibility index (Phi) is 2.96. The van der Waals surface area contributed by atoms with Gasteiger partial charge in [-0.15, -0.1) is 0 Å². The maximum atomic E-state index is 8.96. The summed E-state index contributed by atoms with van der Waals surface area (Å²) in [6.45, 7) is 0.311. The van der Waals surface area contributed by atoms with E-state index in [0.29, 0.717) is 18.4 Å². The van der Waals surface area contributed by atoms with Crippen molar-refractivity contribution in [2.24, 2.45) is 5.92 Å². The molecule has 1 N–H and O–H groups in total. The molecule has 1 fully saturated rings. The van der Waals surface area contributed by atoms with Gasteiger partial charge >= 0.3 is 0 Å². The standard InChI is InChI=1S/C16H18O2/c1-18-15-5-4-11-8-13(3-2-12(11)9-15)16-10-14(16)6-7-17/h2-5,8-9,14,16-17H,6-7,10H2,1H3/t14-,16-/m0/s1. The Morgan fingerprint density at radius 2 is 1.94 bits per heavy atom. The van der Waals surface area contributed by atoms with Gasteiger partial charge in [0.1, 0.15) is 5.75 Å². The minimum atomic E-state index is 0.311. The highest BCUT2D eigenvalue weighted by Crippen LogP contribution is 2.49. The molecule has 0 unspecified atom stereocenters. The first kappa shape index (κ1) is 11.5. The van der Waals surface area contributed by atoms with Gasteiger partial charge in [0.2, 0.25) is 0 Å². The molecule has 18 heavy (non-hydrogen) atoms. The van der Waals surface area contributed by atoms with E-state index in [-0.39, 0.29) is 0 Å². The summed E-state index contributed by atoms with van der Waals surface area (Å²) in [5.41, 5.74) is 1.41. The highest BCUT2D eigenvalue weighted by molar-refractivity contribution is 5.84. The zero-order chi connectivity index (χ0) is 12.5. The van der Waals surface area contributed by atoms with Crippen LogP contribution in [-0.4, -0.2) is 18.8 Å². The van der Waals surface area contributed by atoms with Gasteiger partial charge in [-0.3, -0.25) is 0 Å². The van der Waals surface area contributed by atoms with E-state index in [1.54, 1.807) is 7.11 Å². The van der Waals surface area contributed by atoms with E-state index >= 15 is 0 Å². The molecule has 2 nitrogen and oxygen atoms in total. The lowest BCUT2D eigenvalue weighted by Crippen LogP contribution is -1.88. The molecule has 0 spiro atoms. The molecule has 0 saturated heterocycles. The monoisotopic (exact) mass is 242 g/mol. The van der Waals surface area contributed by atoms with Gasteiger partial charge in [-0.2, -0.15) is 0 Å². The Bertz CT molecular complexity index is 562. The Morgan fingerprint density at radius 1 is 1.17 bits per heavy atom. The van der Waals surface area contributed by atoms with Crippen molar-refractivity contribution in [2.75, 3.05) is 13.7 Å². The van der Waals surface area contributed by atoms with Crippen molar-refractivity contribution in [3.05, 3.63) is 42.0 Å². The van der Waals surface area contributed by atoms with Gasteiger partial charge < -0.3 is 9.84 Å². The predicted molar refractivity (Wildman–Crippen MR) is 73.1 cm³/mol. The summed E-state index contributed by atoms with van der Waals surface area (Å²) in [5, 5.41) is 11.4. The van der Waals surface area contributed by atoms with Crippen molar-refractivity contribution in [2.45, 2.75) is 18.8 Å². The first-order chi connectivity index (χ1) is 8.81. The van der Waals surface area contributed by atoms with Gasteiger partial charge in [-0.05, 0) is 53.1 Å². The van der Waals surface area contributed by atoms with E-state index in [4.69, 9.17) is 9.84 Å². The first-order valence-electron chi connectivity index (χ1n) is 6.50. The summed E-state index contributed by atoms with van der Waals surface area (Å²) in [7, 11) is 1.69. The predicted octanol–water partition coefficient (Wildman–Crippen LogP) is 3.33. The van der Waals surface area contributed by atoms with E-state index in [2.05, 4.69) is 30.3 Å². The van der Waals surface area contributed by atoms with Gasteiger partial charge in [0.05, 0.1) is 7.11 Å². The number of benzene rings is 2. The fourth-order valence-electron chi connectivity index (χ4n) is 2.74. The average Bonchev–Trinajstić information content (AvgIpc) is 3.17. The first-order valence-corrected chi connectivity index (χ1v) is 6.50. The molecule has 2 aromatic rings. The Labute approximate surface area is 107 Å². The van der Waals surface area contributed by atoms with Crippen LogP contribution in [0, 0.1) is 5.92 Å². The van der Waals surface area contributed by atoms with Gasteiger partial charge in [-0.1, -0.05) is 24.3 Å². The van der Waals surface area contributed by atoms with Gasteiger partial charge in [0, 0.05) is 6.61 Å². The number of ether oxygens (including phenoxy) is 1. The molecule has 0 heterocycles. The van der Waals surface area contributed by atoms with Gasteiger partial charge in [-0.25, -0.2) is 0 Å². The lowest BCUT2D eigenvalue weighted by molar-refractivity contribution is 0.279. The van der Waals surface area contributed by atoms with Crippen molar-refractivity contribution >= 4 is 10.8 Å². The summed E-state index contributed by atoms with van der Waals surface area (Å²) in [4.78, 5) is 0. The molecule has 0 amide bonds. The maximum Gasteiger partial charge on any atom is 0.119 e. The lowest BCUT2D eigenvalue weighted by atomic mass is 10.0. The topological polar surface area (TPSA) is 29.5 Å². The summed E-state index contributed by atoms with van der Waals surface area (Å²) in [6, 6.07) is 12.8. The van der Waals surface area contributed by atoms with Crippen LogP contribution in [0.3, 0.4) is 0 Å². The number of hydrogen-bond donors (Lipinski definition) is 1. The second-order valence-corrected chi connectivity index (χ2v) is 5.09. The van der Waals surface area contributed by atoms with Crippen LogP contribution in [0.2, 0.25) is 0 Å². The molecular formula is C16H18O2. The minimum absolute atomic E-state index is 0.311. The molecule has 3 rings (SSSR count). The van der Waals surface area contributed by atoms with Crippen molar-refractivity contribution in [1.82, 2.24) is 0 Å². The second-order valence-electron chi connectivity index (χ2n) is 5.09. The molecule has 2 heteroatoms. The number of aliphatic hydroxyl groups excluding tert-OH is 1. The van der Waals surface area contributed by atoms with Crippen LogP contribution >= 0.6 is 0 Å². The molecular weight excluding hydrogens is 224 g/mol. The molecule has 1 saturated carbocycles. The highest BCUT2D eigenvalue weighted by atomic mass is 16.5. The maximum absolute atomic E-state index is 8.96. The van der Waals surface area contributed by atoms with E-state index in [9.17, 15) is 0 Å². The Hall–Kier alpha value is -1.54. The van der Waals surface area contributed by atoms with E-state index in [1.807, 2.05) is 6.07 Å². The van der Waals surface area contributed by atoms with Crippen LogP contribution < -0.4 is 4.74 Å². The molecule has 0 bridgehead atoms. The van der Waals surface area contributed by atoms with Crippen molar-refractivity contribution < 1.29 is 9.84 Å². The van der Waals surface area contributed by atoms with Crippen LogP contribution in [0.15, 0.2) is 36.4 Å². The van der Waals surface area contributed by atoms with Crippen LogP contribution in [0.5, 0.6) is 5.75 Å². The van der Waals surface area contributed by atoms with Crippen LogP contribution in [0.1, 0.15) is 24.3 Å². The second kappa shape index (κ2) is 4.62. The van der Waals surface area contributed by atoms with Crippen molar-refractivity contribution in [3.63, 3.8) is 0 Å². The molecule has 2 atom stereocenters. The zero-order valence-electron chi connectivity index (χ0n) is 10.6. The van der Waals surface area contributed by atoms with Crippen LogP contribution in [0.25, 0.3) is 10.8 Å². The normalized spacial score (nSPS) is 22.1. The van der Waals surface area contributed by atoms with E-state index in [1.165, 1.54) is 22.8 Å². The molecule has 2 aromatic carbocycles. The van der Waals surface area contributed by atoms with Crippen molar-refractivity contribution in [3.8, 4) is 5.75 Å². The highest BCUT2D eigenvalue weighted by Gasteiger charge is 2.37. The van der Waals surface area contributed by atoms with E-state index < -0.39 is 0 Å². The van der Waals surface area contributed by atoms with Crippen LogP contribution in [0.4, 0.5) is 0 Å². The zero-order valence-corrected chi connectivity index (χ0v) is 10.6. The largest absolute Gasteiger partial charge is 0.497 e. The molecule has 0 aliphatic heterocycles. The number of methoxy groups -OCH3 is 1. The lowest BCUT2D eigenvalue weighted by Gasteiger charge is -2.05. The minimum Gasteiger partial charge on any atom is -0.497 e. The third-order valence-corrected chi connectivity index (χ3v) is 3.92. The smallest absolute Gasteiger partial charge is 0.119 e. The van der Waals surface area contributed by atoms with Crippen molar-refractivity contribution in [1.29, 1.82) is 0 Å². The van der Waals surface area contributed by atoms with Gasteiger partial charge in [0.25, 0.3) is 0 Å². The summed E-state index contributed by atoms with van der Waals surface area (Å²) >= 11 is 0. The number of rotatable bonds is 4. The summed E-state index contributed by atoms with van der Waals surface area (Å²) in [6.07, 6.45) is 2.16. The fourth-order valence-corrected chi connectivity index (χ4v) is 2.74. The fraction of sp³-hybridized carbons (Fsp3) is 0.375. The number of fused-ring (bicyclic) bond motifs is 1. The van der Waals surface area contributed by atoms with Crippen LogP contribution in [-0.2, 0) is 0 Å². The third kappa shape index (κ3) is 2.08. The molecule has 0 aromatic heterocycles.